The fourth-order valence-corrected chi connectivity index (χ4v) is 6.67. The van der Waals surface area contributed by atoms with Crippen molar-refractivity contribution in [2.24, 2.45) is 10.8 Å². The lowest BCUT2D eigenvalue weighted by Gasteiger charge is -2.38. The number of carbonyl (C=O) groups is 3. The monoisotopic (exact) mass is 539 g/mol. The van der Waals surface area contributed by atoms with E-state index < -0.39 is 28.8 Å². The van der Waals surface area contributed by atoms with Crippen molar-refractivity contribution < 1.29 is 14.4 Å². The SMILES string of the molecule is CC(C)(C)C(=O)[C@@H]1[C@@H](c2ccc(Br)cc2)C2(C(=O)c3ccccc3C2=O)[C@@H]2C=Cc3ccccc3N12. The highest BCUT2D eigenvalue weighted by atomic mass is 79.9. The van der Waals surface area contributed by atoms with Crippen molar-refractivity contribution in [2.75, 3.05) is 4.90 Å². The lowest BCUT2D eigenvalue weighted by molar-refractivity contribution is -0.127. The summed E-state index contributed by atoms with van der Waals surface area (Å²) in [5, 5.41) is 0. The molecule has 1 aliphatic carbocycles. The second-order valence-electron chi connectivity index (χ2n) is 10.9. The van der Waals surface area contributed by atoms with Crippen LogP contribution in [0.2, 0.25) is 0 Å². The second-order valence-corrected chi connectivity index (χ2v) is 11.8. The maximum absolute atomic E-state index is 14.5. The van der Waals surface area contributed by atoms with Gasteiger partial charge in [-0.05, 0) is 29.3 Å². The van der Waals surface area contributed by atoms with Gasteiger partial charge in [0.2, 0.25) is 0 Å². The Morgan fingerprint density at radius 1 is 0.861 bits per heavy atom. The zero-order valence-electron chi connectivity index (χ0n) is 20.4. The smallest absolute Gasteiger partial charge is 0.180 e. The molecule has 3 aromatic rings. The highest BCUT2D eigenvalue weighted by molar-refractivity contribution is 9.10. The van der Waals surface area contributed by atoms with Gasteiger partial charge in [-0.15, -0.1) is 0 Å². The number of nitrogens with zero attached hydrogens (tertiary/aromatic N) is 1. The molecular weight excluding hydrogens is 514 g/mol. The molecule has 0 aromatic heterocycles. The normalized spacial score (nSPS) is 23.6. The molecule has 0 N–H and O–H groups in total. The van der Waals surface area contributed by atoms with E-state index in [9.17, 15) is 14.4 Å². The van der Waals surface area contributed by atoms with Crippen molar-refractivity contribution >= 4 is 45.0 Å². The van der Waals surface area contributed by atoms with Crippen molar-refractivity contribution in [3.05, 3.63) is 106 Å². The minimum atomic E-state index is -1.44. The predicted octanol–water partition coefficient (Wildman–Crippen LogP) is 6.50. The zero-order chi connectivity index (χ0) is 25.4. The van der Waals surface area contributed by atoms with Crippen molar-refractivity contribution in [2.45, 2.75) is 38.8 Å². The summed E-state index contributed by atoms with van der Waals surface area (Å²) in [6, 6.07) is 21.4. The number of halogens is 1. The molecule has 3 atom stereocenters. The van der Waals surface area contributed by atoms with Crippen LogP contribution in [0.1, 0.15) is 58.5 Å². The quantitative estimate of drug-likeness (QED) is 0.349. The molecule has 4 nitrogen and oxygen atoms in total. The van der Waals surface area contributed by atoms with Crippen molar-refractivity contribution in [1.82, 2.24) is 0 Å². The van der Waals surface area contributed by atoms with Crippen LogP contribution in [-0.2, 0) is 4.79 Å². The average molecular weight is 540 g/mol. The second kappa shape index (κ2) is 7.84. The van der Waals surface area contributed by atoms with E-state index in [0.717, 1.165) is 21.3 Å². The van der Waals surface area contributed by atoms with Crippen LogP contribution in [-0.4, -0.2) is 29.4 Å². The van der Waals surface area contributed by atoms with Crippen LogP contribution in [0.25, 0.3) is 6.08 Å². The number of fused-ring (bicyclic) bond motifs is 5. The van der Waals surface area contributed by atoms with Crippen molar-refractivity contribution in [3.63, 3.8) is 0 Å². The van der Waals surface area contributed by atoms with Gasteiger partial charge in [-0.1, -0.05) is 103 Å². The molecule has 1 spiro atoms. The van der Waals surface area contributed by atoms with Crippen LogP contribution in [0.15, 0.2) is 83.3 Å². The topological polar surface area (TPSA) is 54.5 Å². The van der Waals surface area contributed by atoms with Crippen LogP contribution in [0.3, 0.4) is 0 Å². The van der Waals surface area contributed by atoms with E-state index in [0.29, 0.717) is 11.1 Å². The van der Waals surface area contributed by atoms with E-state index >= 15 is 0 Å². The summed E-state index contributed by atoms with van der Waals surface area (Å²) >= 11 is 3.51. The first kappa shape index (κ1) is 23.1. The molecule has 3 aliphatic rings. The summed E-state index contributed by atoms with van der Waals surface area (Å²) in [6.07, 6.45) is 3.95. The maximum atomic E-state index is 14.5. The first-order valence-electron chi connectivity index (χ1n) is 12.2. The summed E-state index contributed by atoms with van der Waals surface area (Å²) in [6.45, 7) is 5.73. The molecule has 5 heteroatoms. The fraction of sp³-hybridized carbons (Fsp3) is 0.258. The van der Waals surface area contributed by atoms with E-state index in [1.165, 1.54) is 0 Å². The van der Waals surface area contributed by atoms with Gasteiger partial charge in [-0.3, -0.25) is 14.4 Å². The number of Topliss-reactive ketones (excluding diaryl/α,β-unsaturated/α-hetero) is 3. The Morgan fingerprint density at radius 3 is 2.06 bits per heavy atom. The van der Waals surface area contributed by atoms with Crippen LogP contribution in [0.5, 0.6) is 0 Å². The highest BCUT2D eigenvalue weighted by Gasteiger charge is 2.71. The molecule has 1 fully saturated rings. The largest absolute Gasteiger partial charge is 0.352 e. The summed E-state index contributed by atoms with van der Waals surface area (Å²) in [5.74, 6) is -1.02. The summed E-state index contributed by atoms with van der Waals surface area (Å²) in [7, 11) is 0. The molecule has 0 amide bonds. The Balaban J connectivity index is 1.70. The molecule has 0 saturated carbocycles. The molecule has 180 valence electrons. The first-order chi connectivity index (χ1) is 17.2. The highest BCUT2D eigenvalue weighted by Crippen LogP contribution is 2.61. The third kappa shape index (κ3) is 2.95. The number of carbonyl (C=O) groups excluding carboxylic acids is 3. The molecule has 2 aliphatic heterocycles. The lowest BCUT2D eigenvalue weighted by Crippen LogP contribution is -2.49. The van der Waals surface area contributed by atoms with Crippen molar-refractivity contribution in [3.8, 4) is 0 Å². The first-order valence-corrected chi connectivity index (χ1v) is 13.0. The van der Waals surface area contributed by atoms with Gasteiger partial charge < -0.3 is 4.90 Å². The third-order valence-electron chi connectivity index (χ3n) is 7.95. The van der Waals surface area contributed by atoms with Crippen LogP contribution >= 0.6 is 15.9 Å². The van der Waals surface area contributed by atoms with E-state index in [1.54, 1.807) is 24.3 Å². The van der Waals surface area contributed by atoms with Gasteiger partial charge in [0.05, 0.1) is 12.1 Å². The Hall–Kier alpha value is -3.31. The number of hydrogen-bond acceptors (Lipinski definition) is 4. The Bertz CT molecular complexity index is 1430. The van der Waals surface area contributed by atoms with E-state index in [2.05, 4.69) is 20.8 Å². The average Bonchev–Trinajstić information content (AvgIpc) is 3.30. The molecule has 0 unspecified atom stereocenters. The van der Waals surface area contributed by atoms with E-state index in [1.807, 2.05) is 81.5 Å². The fourth-order valence-electron chi connectivity index (χ4n) is 6.40. The number of benzene rings is 3. The number of para-hydroxylation sites is 1. The standard InChI is InChI=1S/C31H26BrNO3/c1-30(2,3)29(36)26-25(19-12-15-20(32)16-13-19)31(27(34)21-9-5-6-10-22(21)28(31)35)24-17-14-18-8-4-7-11-23(18)33(24)26/h4-17,24-26H,1-3H3/t24-,25+,26-/m0/s1. The maximum Gasteiger partial charge on any atom is 0.180 e. The van der Waals surface area contributed by atoms with Gasteiger partial charge in [0.1, 0.15) is 5.41 Å². The minimum Gasteiger partial charge on any atom is -0.352 e. The third-order valence-corrected chi connectivity index (χ3v) is 8.48. The number of ketones is 3. The summed E-state index contributed by atoms with van der Waals surface area (Å²) in [4.78, 5) is 45.3. The number of anilines is 1. The molecule has 2 heterocycles. The minimum absolute atomic E-state index is 0.0129. The summed E-state index contributed by atoms with van der Waals surface area (Å²) in [5.41, 5.74) is 1.44. The van der Waals surface area contributed by atoms with Gasteiger partial charge in [0.15, 0.2) is 17.3 Å². The molecular formula is C31H26BrNO3. The molecule has 3 aromatic carbocycles. The number of hydrogen-bond donors (Lipinski definition) is 0. The molecule has 1 saturated heterocycles. The lowest BCUT2D eigenvalue weighted by atomic mass is 9.63. The Kier molecular flexibility index (Phi) is 5.03. The molecule has 6 rings (SSSR count). The summed E-state index contributed by atoms with van der Waals surface area (Å²) < 4.78 is 0.896. The molecule has 36 heavy (non-hydrogen) atoms. The van der Waals surface area contributed by atoms with Crippen LogP contribution < -0.4 is 4.90 Å². The molecule has 0 radical (unpaired) electrons. The van der Waals surface area contributed by atoms with Gasteiger partial charge in [0, 0.05) is 32.6 Å². The van der Waals surface area contributed by atoms with Crippen LogP contribution in [0.4, 0.5) is 5.69 Å². The zero-order valence-corrected chi connectivity index (χ0v) is 22.0. The number of rotatable bonds is 2. The van der Waals surface area contributed by atoms with Crippen molar-refractivity contribution in [1.29, 1.82) is 0 Å². The van der Waals surface area contributed by atoms with E-state index in [-0.39, 0.29) is 17.3 Å². The molecule has 0 bridgehead atoms. The van der Waals surface area contributed by atoms with Gasteiger partial charge in [-0.25, -0.2) is 0 Å². The van der Waals surface area contributed by atoms with E-state index in [4.69, 9.17) is 0 Å². The van der Waals surface area contributed by atoms with Crippen LogP contribution in [0, 0.1) is 10.8 Å². The van der Waals surface area contributed by atoms with Gasteiger partial charge in [0.25, 0.3) is 0 Å². The predicted molar refractivity (Wildman–Crippen MR) is 144 cm³/mol. The Labute approximate surface area is 219 Å². The van der Waals surface area contributed by atoms with Gasteiger partial charge >= 0.3 is 0 Å². The Morgan fingerprint density at radius 2 is 1.44 bits per heavy atom. The van der Waals surface area contributed by atoms with Gasteiger partial charge in [-0.2, -0.15) is 0 Å².